The van der Waals surface area contributed by atoms with E-state index in [2.05, 4.69) is 26.0 Å². The topological polar surface area (TPSA) is 23.8 Å². The second-order valence-corrected chi connectivity index (χ2v) is 9.40. The molecule has 0 radical (unpaired) electrons. The molecule has 1 saturated carbocycles. The molecule has 1 unspecified atom stereocenters. The third-order valence-corrected chi connectivity index (χ3v) is 7.65. The van der Waals surface area contributed by atoms with Crippen LogP contribution in [-0.4, -0.2) is 0 Å². The highest BCUT2D eigenvalue weighted by Gasteiger charge is 2.39. The van der Waals surface area contributed by atoms with Gasteiger partial charge in [-0.25, -0.2) is 13.2 Å². The van der Waals surface area contributed by atoms with Crippen LogP contribution in [0.15, 0.2) is 42.5 Å². The molecule has 0 amide bonds. The lowest BCUT2D eigenvalue weighted by molar-refractivity contribution is 0.174. The van der Waals surface area contributed by atoms with Crippen molar-refractivity contribution in [3.8, 4) is 17.2 Å². The first-order chi connectivity index (χ1) is 15.9. The van der Waals surface area contributed by atoms with Gasteiger partial charge in [-0.3, -0.25) is 0 Å². The molecule has 4 heteroatoms. The molecule has 4 rings (SSSR count). The van der Waals surface area contributed by atoms with Crippen LogP contribution in [0.4, 0.5) is 13.2 Å². The van der Waals surface area contributed by atoms with Crippen molar-refractivity contribution in [2.24, 2.45) is 5.92 Å². The fourth-order valence-electron chi connectivity index (χ4n) is 5.99. The lowest BCUT2D eigenvalue weighted by atomic mass is 9.60. The Balaban J connectivity index is 1.81. The maximum absolute atomic E-state index is 15.5. The Morgan fingerprint density at radius 3 is 2.24 bits per heavy atom. The van der Waals surface area contributed by atoms with Crippen LogP contribution in [0.1, 0.15) is 76.3 Å². The predicted molar refractivity (Wildman–Crippen MR) is 127 cm³/mol. The van der Waals surface area contributed by atoms with Crippen LogP contribution in [0.25, 0.3) is 21.9 Å². The summed E-state index contributed by atoms with van der Waals surface area (Å²) in [4.78, 5) is 0. The monoisotopic (exact) mass is 449 g/mol. The van der Waals surface area contributed by atoms with Crippen molar-refractivity contribution in [1.82, 2.24) is 0 Å². The zero-order valence-corrected chi connectivity index (χ0v) is 19.4. The Kier molecular flexibility index (Phi) is 6.79. The van der Waals surface area contributed by atoms with E-state index in [4.69, 9.17) is 5.26 Å². The third kappa shape index (κ3) is 4.14. The summed E-state index contributed by atoms with van der Waals surface area (Å²) >= 11 is 0. The zero-order chi connectivity index (χ0) is 23.6. The van der Waals surface area contributed by atoms with Crippen LogP contribution in [0, 0.1) is 34.7 Å². The van der Waals surface area contributed by atoms with Gasteiger partial charge in [0.2, 0.25) is 0 Å². The van der Waals surface area contributed by atoms with Gasteiger partial charge in [0.15, 0.2) is 0 Å². The minimum atomic E-state index is -0.983. The summed E-state index contributed by atoms with van der Waals surface area (Å²) < 4.78 is 43.8. The van der Waals surface area contributed by atoms with Gasteiger partial charge in [-0.2, -0.15) is 5.26 Å². The van der Waals surface area contributed by atoms with E-state index in [0.717, 1.165) is 30.4 Å². The number of fused-ring (bicyclic) bond motifs is 1. The quantitative estimate of drug-likeness (QED) is 0.369. The van der Waals surface area contributed by atoms with E-state index in [1.165, 1.54) is 50.2 Å². The van der Waals surface area contributed by atoms with Crippen LogP contribution < -0.4 is 0 Å². The second kappa shape index (κ2) is 9.59. The fraction of sp³-hybridized carbons (Fsp3) is 0.414. The lowest BCUT2D eigenvalue weighted by Crippen LogP contribution is -2.37. The molecule has 0 aromatic heterocycles. The molecule has 0 saturated heterocycles. The Hall–Kier alpha value is -2.80. The van der Waals surface area contributed by atoms with Crippen LogP contribution in [0.5, 0.6) is 0 Å². The first kappa shape index (κ1) is 23.4. The highest BCUT2D eigenvalue weighted by Crippen LogP contribution is 2.49. The summed E-state index contributed by atoms with van der Waals surface area (Å²) in [6.07, 6.45) is 9.54. The van der Waals surface area contributed by atoms with Gasteiger partial charge in [-0.05, 0) is 59.2 Å². The largest absolute Gasteiger partial charge is 0.206 e. The molecule has 0 aliphatic heterocycles. The van der Waals surface area contributed by atoms with Crippen molar-refractivity contribution in [2.75, 3.05) is 0 Å². The van der Waals surface area contributed by atoms with E-state index in [0.29, 0.717) is 11.3 Å². The summed E-state index contributed by atoms with van der Waals surface area (Å²) in [5, 5.41) is 10.1. The number of hydrogen-bond donors (Lipinski definition) is 0. The molecule has 33 heavy (non-hydrogen) atoms. The average Bonchev–Trinajstić information content (AvgIpc) is 2.82. The van der Waals surface area contributed by atoms with Gasteiger partial charge in [0.1, 0.15) is 29.1 Å². The van der Waals surface area contributed by atoms with Gasteiger partial charge >= 0.3 is 0 Å². The highest BCUT2D eigenvalue weighted by molar-refractivity contribution is 5.89. The van der Waals surface area contributed by atoms with Gasteiger partial charge in [0.05, 0.1) is 0 Å². The first-order valence-corrected chi connectivity index (χ1v) is 12.1. The van der Waals surface area contributed by atoms with Gasteiger partial charge < -0.3 is 0 Å². The van der Waals surface area contributed by atoms with Crippen molar-refractivity contribution in [3.63, 3.8) is 0 Å². The zero-order valence-electron chi connectivity index (χ0n) is 19.4. The molecule has 0 bridgehead atoms. The number of halogens is 3. The number of hydrogen-bond acceptors (Lipinski definition) is 1. The van der Waals surface area contributed by atoms with E-state index in [1.54, 1.807) is 6.07 Å². The summed E-state index contributed by atoms with van der Waals surface area (Å²) in [5.41, 5.74) is 0.983. The molecule has 1 atom stereocenters. The molecule has 0 N–H and O–H groups in total. The van der Waals surface area contributed by atoms with E-state index in [9.17, 15) is 8.78 Å². The number of benzene rings is 3. The molecular formula is C29H30F3N. The number of nitrogens with zero attached hydrogens (tertiary/aromatic N) is 1. The Labute approximate surface area is 194 Å². The smallest absolute Gasteiger partial charge is 0.144 e. The summed E-state index contributed by atoms with van der Waals surface area (Å²) in [7, 11) is 0. The minimum absolute atomic E-state index is 0.0882. The summed E-state index contributed by atoms with van der Waals surface area (Å²) in [5.74, 6) is -1.86. The molecule has 3 aromatic rings. The molecule has 1 fully saturated rings. The van der Waals surface area contributed by atoms with E-state index < -0.39 is 23.0 Å². The summed E-state index contributed by atoms with van der Waals surface area (Å²) in [6, 6.07) is 13.0. The molecule has 0 spiro atoms. The normalized spacial score (nSPS) is 16.5. The SMILES string of the molecule is CCCC(CC)C1(c2ccc3c(F)c(-c4cc(F)c(C#N)c(F)c4)ccc3c2)CCCCC1. The third-order valence-electron chi connectivity index (χ3n) is 7.65. The summed E-state index contributed by atoms with van der Waals surface area (Å²) in [6.45, 7) is 4.52. The Morgan fingerprint density at radius 1 is 0.939 bits per heavy atom. The van der Waals surface area contributed by atoms with Crippen molar-refractivity contribution >= 4 is 10.8 Å². The van der Waals surface area contributed by atoms with E-state index >= 15 is 4.39 Å². The second-order valence-electron chi connectivity index (χ2n) is 9.40. The molecule has 1 aliphatic carbocycles. The first-order valence-electron chi connectivity index (χ1n) is 12.1. The lowest BCUT2D eigenvalue weighted by Gasteiger charge is -2.44. The van der Waals surface area contributed by atoms with Gasteiger partial charge in [0.25, 0.3) is 0 Å². The van der Waals surface area contributed by atoms with Crippen molar-refractivity contribution < 1.29 is 13.2 Å². The molecule has 1 nitrogen and oxygen atoms in total. The maximum Gasteiger partial charge on any atom is 0.144 e. The van der Waals surface area contributed by atoms with E-state index in [1.807, 2.05) is 12.1 Å². The highest BCUT2D eigenvalue weighted by atomic mass is 19.1. The average molecular weight is 450 g/mol. The van der Waals surface area contributed by atoms with Gasteiger partial charge in [-0.1, -0.05) is 76.3 Å². The van der Waals surface area contributed by atoms with E-state index in [-0.39, 0.29) is 16.5 Å². The molecule has 172 valence electrons. The molecule has 0 heterocycles. The Morgan fingerprint density at radius 2 is 1.64 bits per heavy atom. The van der Waals surface area contributed by atoms with Crippen molar-refractivity contribution in [2.45, 2.75) is 70.6 Å². The molecular weight excluding hydrogens is 419 g/mol. The predicted octanol–water partition coefficient (Wildman–Crippen LogP) is 8.82. The van der Waals surface area contributed by atoms with Gasteiger partial charge in [-0.15, -0.1) is 0 Å². The van der Waals surface area contributed by atoms with Crippen LogP contribution in [0.2, 0.25) is 0 Å². The number of rotatable bonds is 6. The molecule has 1 aliphatic rings. The number of nitriles is 1. The van der Waals surface area contributed by atoms with Crippen LogP contribution in [-0.2, 0) is 5.41 Å². The van der Waals surface area contributed by atoms with Crippen molar-refractivity contribution in [3.05, 3.63) is 71.0 Å². The maximum atomic E-state index is 15.5. The minimum Gasteiger partial charge on any atom is -0.206 e. The Bertz CT molecular complexity index is 1180. The fourth-order valence-corrected chi connectivity index (χ4v) is 5.99. The van der Waals surface area contributed by atoms with Crippen LogP contribution in [0.3, 0.4) is 0 Å². The van der Waals surface area contributed by atoms with Gasteiger partial charge in [0, 0.05) is 10.9 Å². The van der Waals surface area contributed by atoms with Crippen LogP contribution >= 0.6 is 0 Å². The standard InChI is InChI=1S/C29H30F3N/c1-3-8-21(4-2)29(13-6-5-7-14-29)22-10-12-23-19(15-22)9-11-24(28(23)32)20-16-26(30)25(18-33)27(31)17-20/h9-12,15-17,21H,3-8,13-14H2,1-2H3. The van der Waals surface area contributed by atoms with Crippen molar-refractivity contribution in [1.29, 1.82) is 5.26 Å². The molecule has 3 aromatic carbocycles.